The van der Waals surface area contributed by atoms with Crippen molar-refractivity contribution in [3.63, 3.8) is 0 Å². The Morgan fingerprint density at radius 1 is 1.10 bits per heavy atom. The van der Waals surface area contributed by atoms with E-state index in [1.165, 1.54) is 5.56 Å². The number of carbonyl (C=O) groups excluding carboxylic acids is 1. The maximum Gasteiger partial charge on any atom is 0.342 e. The maximum atomic E-state index is 13.3. The highest BCUT2D eigenvalue weighted by Crippen LogP contribution is 2.43. The maximum absolute atomic E-state index is 13.3. The normalized spacial score (nSPS) is 19.5. The number of anilines is 1. The Labute approximate surface area is 175 Å². The monoisotopic (exact) mass is 398 g/mol. The molecule has 1 aliphatic carbocycles. The van der Waals surface area contributed by atoms with E-state index in [1.807, 2.05) is 48.7 Å². The average molecular weight is 398 g/mol. The number of hydrazone groups is 1. The molecule has 150 valence electrons. The summed E-state index contributed by atoms with van der Waals surface area (Å²) in [5.41, 5.74) is 5.10. The lowest BCUT2D eigenvalue weighted by Crippen LogP contribution is -2.35. The van der Waals surface area contributed by atoms with Crippen LogP contribution in [0.4, 0.5) is 10.5 Å². The highest BCUT2D eigenvalue weighted by atomic mass is 16.5. The lowest BCUT2D eigenvalue weighted by atomic mass is 9.77. The molecule has 2 unspecified atom stereocenters. The van der Waals surface area contributed by atoms with Crippen LogP contribution in [-0.4, -0.2) is 28.8 Å². The SMILES string of the molecule is COc1ccc(NC(=O)N2N=C3c4ccccc4CCC3C2c2cccnc2)cc1. The average Bonchev–Trinajstić information content (AvgIpc) is 3.20. The molecular weight excluding hydrogens is 376 g/mol. The molecule has 2 heterocycles. The van der Waals surface area contributed by atoms with Gasteiger partial charge >= 0.3 is 6.03 Å². The van der Waals surface area contributed by atoms with Gasteiger partial charge < -0.3 is 10.1 Å². The summed E-state index contributed by atoms with van der Waals surface area (Å²) in [6, 6.07) is 19.1. The Morgan fingerprint density at radius 2 is 1.93 bits per heavy atom. The largest absolute Gasteiger partial charge is 0.497 e. The summed E-state index contributed by atoms with van der Waals surface area (Å²) in [5.74, 6) is 0.885. The molecule has 0 saturated heterocycles. The molecular formula is C24H22N4O2. The van der Waals surface area contributed by atoms with Crippen LogP contribution in [0.25, 0.3) is 0 Å². The van der Waals surface area contributed by atoms with Crippen molar-refractivity contribution >= 4 is 17.4 Å². The second kappa shape index (κ2) is 7.63. The number of nitrogens with zero attached hydrogens (tertiary/aromatic N) is 3. The van der Waals surface area contributed by atoms with Crippen molar-refractivity contribution in [3.8, 4) is 5.75 Å². The van der Waals surface area contributed by atoms with Crippen LogP contribution in [-0.2, 0) is 6.42 Å². The smallest absolute Gasteiger partial charge is 0.342 e. The van der Waals surface area contributed by atoms with Gasteiger partial charge in [-0.05, 0) is 54.3 Å². The lowest BCUT2D eigenvalue weighted by Gasteiger charge is -2.29. The van der Waals surface area contributed by atoms with Crippen LogP contribution < -0.4 is 10.1 Å². The molecule has 30 heavy (non-hydrogen) atoms. The van der Waals surface area contributed by atoms with Gasteiger partial charge in [0.2, 0.25) is 0 Å². The van der Waals surface area contributed by atoms with E-state index in [4.69, 9.17) is 9.84 Å². The molecule has 0 fully saturated rings. The van der Waals surface area contributed by atoms with E-state index >= 15 is 0 Å². The first kappa shape index (κ1) is 18.4. The van der Waals surface area contributed by atoms with Gasteiger partial charge in [0.1, 0.15) is 5.75 Å². The van der Waals surface area contributed by atoms with Gasteiger partial charge in [-0.25, -0.2) is 9.80 Å². The van der Waals surface area contributed by atoms with Crippen molar-refractivity contribution in [2.75, 3.05) is 12.4 Å². The minimum atomic E-state index is -0.256. The number of urea groups is 1. The number of benzene rings is 2. The van der Waals surface area contributed by atoms with Crippen LogP contribution in [0.5, 0.6) is 5.75 Å². The number of pyridine rings is 1. The van der Waals surface area contributed by atoms with Gasteiger partial charge in [0.15, 0.2) is 0 Å². The third kappa shape index (κ3) is 3.20. The summed E-state index contributed by atoms with van der Waals surface area (Å²) in [6.07, 6.45) is 5.50. The molecule has 1 aliphatic heterocycles. The summed E-state index contributed by atoms with van der Waals surface area (Å²) in [7, 11) is 1.62. The molecule has 2 aromatic carbocycles. The van der Waals surface area contributed by atoms with Gasteiger partial charge in [0.25, 0.3) is 0 Å². The number of aryl methyl sites for hydroxylation is 1. The van der Waals surface area contributed by atoms with Crippen LogP contribution in [0.3, 0.4) is 0 Å². The standard InChI is InChI=1S/C24H22N4O2/c1-30-19-11-9-18(10-12-19)26-24(29)28-23(17-6-4-14-25-15-17)21-13-8-16-5-2-3-7-20(16)22(21)27-28/h2-7,9-12,14-15,21,23H,8,13H2,1H3,(H,26,29). The number of hydrogen-bond donors (Lipinski definition) is 1. The summed E-state index contributed by atoms with van der Waals surface area (Å²) >= 11 is 0. The summed E-state index contributed by atoms with van der Waals surface area (Å²) < 4.78 is 5.19. The van der Waals surface area contributed by atoms with E-state index < -0.39 is 0 Å². The second-order valence-corrected chi connectivity index (χ2v) is 7.52. The molecule has 5 rings (SSSR count). The molecule has 0 saturated carbocycles. The number of aromatic nitrogens is 1. The van der Waals surface area contributed by atoms with Gasteiger partial charge in [-0.2, -0.15) is 5.10 Å². The van der Waals surface area contributed by atoms with Crippen LogP contribution in [0, 0.1) is 5.92 Å². The molecule has 2 atom stereocenters. The van der Waals surface area contributed by atoms with E-state index in [0.29, 0.717) is 5.69 Å². The summed E-state index contributed by atoms with van der Waals surface area (Å²) in [5, 5.41) is 9.38. The Balaban J connectivity index is 1.50. The van der Waals surface area contributed by atoms with Crippen LogP contribution in [0.2, 0.25) is 0 Å². The Hall–Kier alpha value is -3.67. The van der Waals surface area contributed by atoms with Crippen molar-refractivity contribution in [1.82, 2.24) is 9.99 Å². The third-order valence-corrected chi connectivity index (χ3v) is 5.80. The molecule has 0 bridgehead atoms. The molecule has 6 heteroatoms. The molecule has 0 radical (unpaired) electrons. The fourth-order valence-corrected chi connectivity index (χ4v) is 4.37. The van der Waals surface area contributed by atoms with Crippen molar-refractivity contribution in [3.05, 3.63) is 89.7 Å². The summed E-state index contributed by atoms with van der Waals surface area (Å²) in [4.78, 5) is 17.5. The van der Waals surface area contributed by atoms with Crippen molar-refractivity contribution in [2.45, 2.75) is 18.9 Å². The zero-order chi connectivity index (χ0) is 20.5. The number of fused-ring (bicyclic) bond motifs is 3. The van der Waals surface area contributed by atoms with Crippen molar-refractivity contribution < 1.29 is 9.53 Å². The third-order valence-electron chi connectivity index (χ3n) is 5.80. The number of rotatable bonds is 3. The predicted molar refractivity (Wildman–Crippen MR) is 116 cm³/mol. The van der Waals surface area contributed by atoms with Crippen molar-refractivity contribution in [1.29, 1.82) is 0 Å². The molecule has 6 nitrogen and oxygen atoms in total. The first-order valence-electron chi connectivity index (χ1n) is 10.1. The van der Waals surface area contributed by atoms with Gasteiger partial charge in [0.05, 0.1) is 18.9 Å². The van der Waals surface area contributed by atoms with Crippen LogP contribution >= 0.6 is 0 Å². The molecule has 1 aromatic heterocycles. The number of ether oxygens (including phenoxy) is 1. The Kier molecular flexibility index (Phi) is 4.67. The minimum Gasteiger partial charge on any atom is -0.497 e. The minimum absolute atomic E-state index is 0.144. The molecule has 3 aromatic rings. The fourth-order valence-electron chi connectivity index (χ4n) is 4.37. The van der Waals surface area contributed by atoms with Crippen molar-refractivity contribution in [2.24, 2.45) is 11.0 Å². The number of carbonyl (C=O) groups is 1. The van der Waals surface area contributed by atoms with Crippen LogP contribution in [0.1, 0.15) is 29.2 Å². The lowest BCUT2D eigenvalue weighted by molar-refractivity contribution is 0.188. The van der Waals surface area contributed by atoms with E-state index in [9.17, 15) is 4.79 Å². The number of methoxy groups -OCH3 is 1. The topological polar surface area (TPSA) is 66.8 Å². The summed E-state index contributed by atoms with van der Waals surface area (Å²) in [6.45, 7) is 0. The first-order chi connectivity index (χ1) is 14.7. The molecule has 1 N–H and O–H groups in total. The molecule has 0 spiro atoms. The molecule has 2 amide bonds. The zero-order valence-electron chi connectivity index (χ0n) is 16.7. The highest BCUT2D eigenvalue weighted by Gasteiger charge is 2.44. The first-order valence-corrected chi connectivity index (χ1v) is 10.1. The second-order valence-electron chi connectivity index (χ2n) is 7.52. The van der Waals surface area contributed by atoms with Gasteiger partial charge in [0, 0.05) is 29.6 Å². The number of amides is 2. The Bertz CT molecular complexity index is 1100. The highest BCUT2D eigenvalue weighted by molar-refractivity contribution is 6.07. The zero-order valence-corrected chi connectivity index (χ0v) is 16.7. The number of nitrogens with one attached hydrogen (secondary N) is 1. The van der Waals surface area contributed by atoms with E-state index in [-0.39, 0.29) is 18.0 Å². The van der Waals surface area contributed by atoms with Gasteiger partial charge in [-0.15, -0.1) is 0 Å². The fraction of sp³-hybridized carbons (Fsp3) is 0.208. The van der Waals surface area contributed by atoms with Crippen LogP contribution in [0.15, 0.2) is 78.2 Å². The Morgan fingerprint density at radius 3 is 2.70 bits per heavy atom. The number of hydrogen-bond acceptors (Lipinski definition) is 4. The van der Waals surface area contributed by atoms with Gasteiger partial charge in [-0.1, -0.05) is 30.3 Å². The molecule has 2 aliphatic rings. The van der Waals surface area contributed by atoms with Gasteiger partial charge in [-0.3, -0.25) is 4.98 Å². The van der Waals surface area contributed by atoms with E-state index in [2.05, 4.69) is 28.5 Å². The van der Waals surface area contributed by atoms with E-state index in [1.54, 1.807) is 18.3 Å². The quantitative estimate of drug-likeness (QED) is 0.699. The predicted octanol–water partition coefficient (Wildman–Crippen LogP) is 4.65. The van der Waals surface area contributed by atoms with E-state index in [0.717, 1.165) is 35.4 Å².